The first kappa shape index (κ1) is 18.5. The third kappa shape index (κ3) is 3.77. The van der Waals surface area contributed by atoms with Crippen molar-refractivity contribution in [3.63, 3.8) is 0 Å². The fourth-order valence-electron chi connectivity index (χ4n) is 3.10. The van der Waals surface area contributed by atoms with Crippen LogP contribution in [0.25, 0.3) is 11.1 Å². The van der Waals surface area contributed by atoms with Crippen LogP contribution >= 0.6 is 0 Å². The van der Waals surface area contributed by atoms with Crippen molar-refractivity contribution in [3.05, 3.63) is 77.1 Å². The number of rotatable bonds is 6. The van der Waals surface area contributed by atoms with Gasteiger partial charge in [-0.3, -0.25) is 4.79 Å². The number of carbonyl (C=O) groups is 2. The molecule has 0 unspecified atom stereocenters. The molecule has 138 valence electrons. The molecule has 0 amide bonds. The maximum atomic E-state index is 12.7. The topological polar surface area (TPSA) is 68.4 Å². The number of carbonyl (C=O) groups excluding carboxylic acids is 2. The number of nitrogens with one attached hydrogen (secondary N) is 1. The number of para-hydroxylation sites is 1. The van der Waals surface area contributed by atoms with Gasteiger partial charge in [-0.2, -0.15) is 0 Å². The third-order valence-electron chi connectivity index (χ3n) is 4.44. The fraction of sp³-hybridized carbons (Fsp3) is 0.182. The van der Waals surface area contributed by atoms with Crippen LogP contribution in [-0.4, -0.2) is 30.5 Å². The van der Waals surface area contributed by atoms with Crippen molar-refractivity contribution in [1.82, 2.24) is 4.98 Å². The van der Waals surface area contributed by atoms with Gasteiger partial charge in [-0.15, -0.1) is 0 Å². The van der Waals surface area contributed by atoms with E-state index in [1.165, 1.54) is 7.11 Å². The molecule has 0 saturated heterocycles. The molecule has 1 N–H and O–H groups in total. The van der Waals surface area contributed by atoms with E-state index in [1.807, 2.05) is 54.6 Å². The second kappa shape index (κ2) is 7.91. The van der Waals surface area contributed by atoms with Crippen LogP contribution in [0.5, 0.6) is 5.75 Å². The molecule has 0 fully saturated rings. The Morgan fingerprint density at radius 2 is 1.63 bits per heavy atom. The molecule has 1 heterocycles. The summed E-state index contributed by atoms with van der Waals surface area (Å²) in [5.74, 6) is -0.0598. The maximum Gasteiger partial charge on any atom is 0.339 e. The number of esters is 1. The van der Waals surface area contributed by atoms with Crippen LogP contribution in [0, 0.1) is 13.8 Å². The largest absolute Gasteiger partial charge is 0.485 e. The summed E-state index contributed by atoms with van der Waals surface area (Å²) in [7, 11) is 1.32. The zero-order valence-electron chi connectivity index (χ0n) is 15.5. The van der Waals surface area contributed by atoms with Gasteiger partial charge >= 0.3 is 5.97 Å². The van der Waals surface area contributed by atoms with E-state index in [0.29, 0.717) is 28.3 Å². The molecule has 0 bridgehead atoms. The number of benzene rings is 2. The average molecular weight is 363 g/mol. The molecule has 0 aliphatic rings. The van der Waals surface area contributed by atoms with Crippen molar-refractivity contribution >= 4 is 11.8 Å². The summed E-state index contributed by atoms with van der Waals surface area (Å²) in [6.45, 7) is 3.33. The monoisotopic (exact) mass is 363 g/mol. The molecule has 0 aliphatic carbocycles. The lowest BCUT2D eigenvalue weighted by molar-refractivity contribution is 0.0599. The minimum absolute atomic E-state index is 0.134. The van der Waals surface area contributed by atoms with Crippen molar-refractivity contribution in [3.8, 4) is 16.9 Å². The van der Waals surface area contributed by atoms with E-state index < -0.39 is 5.97 Å². The van der Waals surface area contributed by atoms with Gasteiger partial charge in [-0.05, 0) is 31.0 Å². The number of Topliss-reactive ketones (excluding diaryl/α,β-unsaturated/α-hetero) is 1. The second-order valence-corrected chi connectivity index (χ2v) is 6.19. The Hall–Kier alpha value is -3.34. The Labute approximate surface area is 157 Å². The third-order valence-corrected chi connectivity index (χ3v) is 4.44. The van der Waals surface area contributed by atoms with Gasteiger partial charge in [0.15, 0.2) is 6.61 Å². The smallest absolute Gasteiger partial charge is 0.339 e. The number of ether oxygens (including phenoxy) is 2. The molecule has 5 nitrogen and oxygen atoms in total. The van der Waals surface area contributed by atoms with Gasteiger partial charge in [0.25, 0.3) is 0 Å². The van der Waals surface area contributed by atoms with Gasteiger partial charge in [-0.1, -0.05) is 48.5 Å². The number of aromatic amines is 1. The molecule has 0 spiro atoms. The molecule has 5 heteroatoms. The number of aromatic nitrogens is 1. The second-order valence-electron chi connectivity index (χ2n) is 6.19. The number of ketones is 1. The molecule has 1 aromatic heterocycles. The summed E-state index contributed by atoms with van der Waals surface area (Å²) < 4.78 is 10.6. The number of hydrogen-bond acceptors (Lipinski definition) is 4. The molecule has 3 rings (SSSR count). The van der Waals surface area contributed by atoms with E-state index >= 15 is 0 Å². The van der Waals surface area contributed by atoms with Crippen LogP contribution in [0.15, 0.2) is 54.6 Å². The quantitative estimate of drug-likeness (QED) is 0.522. The van der Waals surface area contributed by atoms with E-state index in [4.69, 9.17) is 9.47 Å². The highest BCUT2D eigenvalue weighted by atomic mass is 16.5. The molecule has 0 atom stereocenters. The van der Waals surface area contributed by atoms with Crippen molar-refractivity contribution in [1.29, 1.82) is 0 Å². The van der Waals surface area contributed by atoms with E-state index in [2.05, 4.69) is 4.98 Å². The van der Waals surface area contributed by atoms with E-state index in [0.717, 1.165) is 11.1 Å². The number of hydrogen-bond donors (Lipinski definition) is 1. The van der Waals surface area contributed by atoms with Gasteiger partial charge in [0.2, 0.25) is 5.78 Å². The predicted molar refractivity (Wildman–Crippen MR) is 103 cm³/mol. The zero-order chi connectivity index (χ0) is 19.4. The summed E-state index contributed by atoms with van der Waals surface area (Å²) in [4.78, 5) is 27.5. The van der Waals surface area contributed by atoms with Crippen LogP contribution in [-0.2, 0) is 4.74 Å². The summed E-state index contributed by atoms with van der Waals surface area (Å²) in [5.41, 5.74) is 3.87. The molecular formula is C22H21NO4. The first-order chi connectivity index (χ1) is 13.0. The molecule has 2 aromatic carbocycles. The molecule has 3 aromatic rings. The molecule has 0 aliphatic heterocycles. The predicted octanol–water partition coefficient (Wildman–Crippen LogP) is 4.35. The Morgan fingerprint density at radius 3 is 2.33 bits per heavy atom. The average Bonchev–Trinajstić information content (AvgIpc) is 3.00. The minimum Gasteiger partial charge on any atom is -0.485 e. The Balaban J connectivity index is 1.81. The summed E-state index contributed by atoms with van der Waals surface area (Å²) in [5, 5.41) is 0. The van der Waals surface area contributed by atoms with Gasteiger partial charge < -0.3 is 14.5 Å². The van der Waals surface area contributed by atoms with Gasteiger partial charge in [0.05, 0.1) is 18.4 Å². The van der Waals surface area contributed by atoms with Crippen molar-refractivity contribution in [2.24, 2.45) is 0 Å². The fourth-order valence-corrected chi connectivity index (χ4v) is 3.10. The van der Waals surface area contributed by atoms with Crippen molar-refractivity contribution in [2.45, 2.75) is 13.8 Å². The zero-order valence-corrected chi connectivity index (χ0v) is 15.5. The van der Waals surface area contributed by atoms with Crippen LogP contribution < -0.4 is 4.74 Å². The Kier molecular flexibility index (Phi) is 5.41. The molecule has 0 saturated carbocycles. The van der Waals surface area contributed by atoms with Crippen LogP contribution in [0.3, 0.4) is 0 Å². The van der Waals surface area contributed by atoms with E-state index in [1.54, 1.807) is 13.8 Å². The summed E-state index contributed by atoms with van der Waals surface area (Å²) in [6.07, 6.45) is 0. The maximum absolute atomic E-state index is 12.7. The normalized spacial score (nSPS) is 10.5. The van der Waals surface area contributed by atoms with E-state index in [9.17, 15) is 9.59 Å². The number of methoxy groups -OCH3 is 1. The highest BCUT2D eigenvalue weighted by Crippen LogP contribution is 2.29. The van der Waals surface area contributed by atoms with E-state index in [-0.39, 0.29) is 12.4 Å². The SMILES string of the molecule is COC(=O)c1c(C)[nH]c(C(=O)COc2ccccc2-c2ccccc2)c1C. The van der Waals surface area contributed by atoms with Crippen LogP contribution in [0.2, 0.25) is 0 Å². The number of aryl methyl sites for hydroxylation is 1. The Morgan fingerprint density at radius 1 is 0.963 bits per heavy atom. The summed E-state index contributed by atoms with van der Waals surface area (Å²) >= 11 is 0. The van der Waals surface area contributed by atoms with Crippen molar-refractivity contribution in [2.75, 3.05) is 13.7 Å². The lowest BCUT2D eigenvalue weighted by Crippen LogP contribution is -2.14. The summed E-state index contributed by atoms with van der Waals surface area (Å²) in [6, 6.07) is 17.4. The Bertz CT molecular complexity index is 973. The standard InChI is InChI=1S/C22H21NO4/c1-14-20(22(25)26-3)15(2)23-21(14)18(24)13-27-19-12-8-7-11-17(19)16-9-5-4-6-10-16/h4-12,23H,13H2,1-3H3. The van der Waals surface area contributed by atoms with Gasteiger partial charge in [0.1, 0.15) is 5.75 Å². The molecule has 27 heavy (non-hydrogen) atoms. The van der Waals surface area contributed by atoms with Gasteiger partial charge in [-0.25, -0.2) is 4.79 Å². The molecular weight excluding hydrogens is 342 g/mol. The lowest BCUT2D eigenvalue weighted by Gasteiger charge is -2.11. The lowest BCUT2D eigenvalue weighted by atomic mass is 10.0. The van der Waals surface area contributed by atoms with Crippen molar-refractivity contribution < 1.29 is 19.1 Å². The minimum atomic E-state index is -0.462. The number of H-pyrrole nitrogens is 1. The van der Waals surface area contributed by atoms with Crippen LogP contribution in [0.1, 0.15) is 32.1 Å². The van der Waals surface area contributed by atoms with Gasteiger partial charge in [0, 0.05) is 11.3 Å². The van der Waals surface area contributed by atoms with Crippen LogP contribution in [0.4, 0.5) is 0 Å². The highest BCUT2D eigenvalue weighted by Gasteiger charge is 2.22. The molecule has 0 radical (unpaired) electrons. The first-order valence-electron chi connectivity index (χ1n) is 8.61. The highest BCUT2D eigenvalue weighted by molar-refractivity contribution is 6.02. The first-order valence-corrected chi connectivity index (χ1v) is 8.61.